The van der Waals surface area contributed by atoms with Gasteiger partial charge in [0.15, 0.2) is 6.10 Å². The molecule has 1 rings (SSSR count). The number of ether oxygens (including phenoxy) is 2. The molecular formula is C47H85O19P3. The topological polar surface area (TPSA) is 303 Å². The van der Waals surface area contributed by atoms with Gasteiger partial charge >= 0.3 is 35.4 Å². The zero-order valence-electron chi connectivity index (χ0n) is 40.9. The van der Waals surface area contributed by atoms with Crippen molar-refractivity contribution in [2.75, 3.05) is 13.2 Å². The molecule has 0 aromatic carbocycles. The minimum absolute atomic E-state index is 0.00593. The van der Waals surface area contributed by atoms with Crippen LogP contribution in [-0.4, -0.2) is 108 Å². The van der Waals surface area contributed by atoms with Crippen LogP contribution in [0.4, 0.5) is 0 Å². The number of phosphoric acid groups is 3. The molecule has 22 heteroatoms. The molecule has 0 aliphatic heterocycles. The third-order valence-electron chi connectivity index (χ3n) is 11.1. The summed E-state index contributed by atoms with van der Waals surface area (Å²) in [6.45, 7) is 2.89. The number of allylic oxidation sites excluding steroid dienone is 8. The second-order valence-corrected chi connectivity index (χ2v) is 21.2. The Morgan fingerprint density at radius 3 is 1.35 bits per heavy atom. The van der Waals surface area contributed by atoms with Crippen molar-refractivity contribution in [3.05, 3.63) is 48.6 Å². The molecule has 19 nitrogen and oxygen atoms in total. The predicted octanol–water partition coefficient (Wildman–Crippen LogP) is 9.40. The first-order valence-corrected chi connectivity index (χ1v) is 29.5. The Labute approximate surface area is 410 Å². The summed E-state index contributed by atoms with van der Waals surface area (Å²) >= 11 is 0. The van der Waals surface area contributed by atoms with Crippen molar-refractivity contribution in [3.8, 4) is 0 Å². The number of unbranched alkanes of at least 4 members (excludes halogenated alkanes) is 18. The number of aliphatic hydroxyl groups is 3. The number of carbonyl (C=O) groups is 2. The van der Waals surface area contributed by atoms with E-state index in [1.165, 1.54) is 77.0 Å². The van der Waals surface area contributed by atoms with E-state index in [4.69, 9.17) is 18.5 Å². The van der Waals surface area contributed by atoms with Crippen molar-refractivity contribution >= 4 is 35.4 Å². The van der Waals surface area contributed by atoms with E-state index >= 15 is 0 Å². The summed E-state index contributed by atoms with van der Waals surface area (Å²) in [6, 6.07) is 0. The maximum atomic E-state index is 13.1. The monoisotopic (exact) mass is 1050 g/mol. The molecule has 1 saturated carbocycles. The molecule has 0 saturated heterocycles. The van der Waals surface area contributed by atoms with Gasteiger partial charge in [-0.3, -0.25) is 27.7 Å². The molecule has 0 bridgehead atoms. The number of carbonyl (C=O) groups excluding carboxylic acids is 2. The molecule has 5 unspecified atom stereocenters. The van der Waals surface area contributed by atoms with Crippen LogP contribution < -0.4 is 0 Å². The number of aliphatic hydroxyl groups excluding tert-OH is 3. The zero-order chi connectivity index (χ0) is 51.4. The molecule has 0 spiro atoms. The van der Waals surface area contributed by atoms with Gasteiger partial charge < -0.3 is 49.3 Å². The van der Waals surface area contributed by atoms with Crippen molar-refractivity contribution in [2.24, 2.45) is 0 Å². The molecule has 1 aliphatic carbocycles. The highest BCUT2D eigenvalue weighted by atomic mass is 31.2. The van der Waals surface area contributed by atoms with Gasteiger partial charge in [-0.05, 0) is 70.6 Å². The zero-order valence-corrected chi connectivity index (χ0v) is 43.6. The highest BCUT2D eigenvalue weighted by Gasteiger charge is 2.56. The fraction of sp³-hybridized carbons (Fsp3) is 0.787. The molecule has 8 N–H and O–H groups in total. The van der Waals surface area contributed by atoms with E-state index in [2.05, 4.69) is 59.4 Å². The lowest BCUT2D eigenvalue weighted by Gasteiger charge is -2.44. The fourth-order valence-electron chi connectivity index (χ4n) is 7.36. The lowest BCUT2D eigenvalue weighted by molar-refractivity contribution is -0.213. The summed E-state index contributed by atoms with van der Waals surface area (Å²) in [5.74, 6) is -1.37. The van der Waals surface area contributed by atoms with Crippen LogP contribution in [0.1, 0.15) is 181 Å². The molecule has 0 aromatic rings. The van der Waals surface area contributed by atoms with Gasteiger partial charge in [0.25, 0.3) is 0 Å². The molecule has 0 heterocycles. The summed E-state index contributed by atoms with van der Waals surface area (Å²) < 4.78 is 65.5. The van der Waals surface area contributed by atoms with E-state index < -0.39 is 91.3 Å². The first-order chi connectivity index (χ1) is 32.8. The van der Waals surface area contributed by atoms with Gasteiger partial charge in [0.2, 0.25) is 0 Å². The van der Waals surface area contributed by atoms with Gasteiger partial charge in [0, 0.05) is 12.8 Å². The fourth-order valence-corrected chi connectivity index (χ4v) is 9.45. The van der Waals surface area contributed by atoms with Crippen LogP contribution in [0.5, 0.6) is 0 Å². The lowest BCUT2D eigenvalue weighted by Crippen LogP contribution is -2.65. The van der Waals surface area contributed by atoms with Crippen molar-refractivity contribution in [1.29, 1.82) is 0 Å². The quantitative estimate of drug-likeness (QED) is 0.0122. The summed E-state index contributed by atoms with van der Waals surface area (Å²) in [6.07, 6.45) is 25.6. The summed E-state index contributed by atoms with van der Waals surface area (Å²) in [7, 11) is -16.6. The largest absolute Gasteiger partial charge is 0.472 e. The first kappa shape index (κ1) is 65.1. The van der Waals surface area contributed by atoms with Crippen LogP contribution >= 0.6 is 23.5 Å². The Hall–Kier alpha value is -1.89. The van der Waals surface area contributed by atoms with E-state index in [0.717, 1.165) is 57.8 Å². The van der Waals surface area contributed by atoms with Gasteiger partial charge in [-0.1, -0.05) is 146 Å². The van der Waals surface area contributed by atoms with E-state index in [9.17, 15) is 63.1 Å². The number of esters is 2. The molecule has 0 amide bonds. The molecule has 0 aromatic heterocycles. The van der Waals surface area contributed by atoms with Crippen LogP contribution in [0, 0.1) is 0 Å². The maximum Gasteiger partial charge on any atom is 0.472 e. The van der Waals surface area contributed by atoms with Crippen molar-refractivity contribution in [2.45, 2.75) is 224 Å². The minimum atomic E-state index is -5.61. The molecule has 402 valence electrons. The van der Waals surface area contributed by atoms with Crippen LogP contribution in [0.2, 0.25) is 0 Å². The van der Waals surface area contributed by atoms with Gasteiger partial charge in [-0.25, -0.2) is 13.7 Å². The van der Waals surface area contributed by atoms with E-state index in [1.54, 1.807) is 0 Å². The van der Waals surface area contributed by atoms with Gasteiger partial charge in [0.05, 0.1) is 6.61 Å². The Balaban J connectivity index is 2.75. The second kappa shape index (κ2) is 38.7. The van der Waals surface area contributed by atoms with Gasteiger partial charge in [-0.2, -0.15) is 0 Å². The smallest absolute Gasteiger partial charge is 0.462 e. The Morgan fingerprint density at radius 1 is 0.464 bits per heavy atom. The van der Waals surface area contributed by atoms with Gasteiger partial charge in [0.1, 0.15) is 43.2 Å². The standard InChI is InChI=1S/C47H85O19P3/c1-3-5-7-9-11-13-15-17-19-20-22-23-25-27-29-31-33-35-40(48)61-37-39(63-41(49)36-34-32-30-28-26-24-21-18-16-14-12-10-8-6-4-2)38-62-69(59,60)66-45-42(50)43(51)46(64-67(53,54)55)47(44(45)52)65-68(56,57)58/h17-19,21-23,27,29,39,42-47,50-52H,3-16,20,24-26,28,30-38H2,1-2H3,(H,59,60)(H2,53,54,55)(H2,56,57,58)/t39-,42?,43?,44?,45+,46?,47+/m1/s1. The molecule has 1 aliphatic rings. The second-order valence-electron chi connectivity index (χ2n) is 17.4. The molecule has 69 heavy (non-hydrogen) atoms. The van der Waals surface area contributed by atoms with Crippen molar-refractivity contribution in [1.82, 2.24) is 0 Å². The molecule has 1 fully saturated rings. The minimum Gasteiger partial charge on any atom is -0.462 e. The average Bonchev–Trinajstić information content (AvgIpc) is 3.28. The van der Waals surface area contributed by atoms with Crippen LogP contribution in [0.3, 0.4) is 0 Å². The van der Waals surface area contributed by atoms with Crippen LogP contribution in [-0.2, 0) is 50.9 Å². The van der Waals surface area contributed by atoms with E-state index in [0.29, 0.717) is 19.3 Å². The van der Waals surface area contributed by atoms with Crippen molar-refractivity contribution < 1.29 is 90.6 Å². The number of hydrogen-bond donors (Lipinski definition) is 8. The highest BCUT2D eigenvalue weighted by Crippen LogP contribution is 2.51. The Morgan fingerprint density at radius 2 is 0.855 bits per heavy atom. The summed E-state index contributed by atoms with van der Waals surface area (Å²) in [5, 5.41) is 31.9. The van der Waals surface area contributed by atoms with Gasteiger partial charge in [-0.15, -0.1) is 0 Å². The third kappa shape index (κ3) is 35.0. The lowest BCUT2D eigenvalue weighted by atomic mass is 9.85. The third-order valence-corrected chi connectivity index (χ3v) is 13.1. The molecular weight excluding hydrogens is 961 g/mol. The number of phosphoric ester groups is 3. The summed E-state index contributed by atoms with van der Waals surface area (Å²) in [5.41, 5.74) is 0. The van der Waals surface area contributed by atoms with Crippen molar-refractivity contribution in [3.63, 3.8) is 0 Å². The predicted molar refractivity (Wildman–Crippen MR) is 261 cm³/mol. The highest BCUT2D eigenvalue weighted by molar-refractivity contribution is 7.47. The van der Waals surface area contributed by atoms with E-state index in [1.807, 2.05) is 12.2 Å². The Kier molecular flexibility index (Phi) is 36.5. The molecule has 8 atom stereocenters. The SMILES string of the molecule is CCCCCCCCC=CCC=CCC=CCCCC(=O)OC[C@H](COP(=O)(O)O[C@H]1C(O)C(O)C(OP(=O)(O)O)[C@@H](OP(=O)(O)O)C1O)OC(=O)CCCCCCCC=CCCCCCCCC. The van der Waals surface area contributed by atoms with E-state index in [-0.39, 0.29) is 12.8 Å². The average molecular weight is 1050 g/mol. The first-order valence-electron chi connectivity index (χ1n) is 24.9. The Bertz CT molecular complexity index is 1630. The number of rotatable bonds is 42. The number of hydrogen-bond acceptors (Lipinski definition) is 14. The molecule has 0 radical (unpaired) electrons. The van der Waals surface area contributed by atoms with Crippen LogP contribution in [0.15, 0.2) is 48.6 Å². The normalized spacial score (nSPS) is 21.7. The maximum absolute atomic E-state index is 13.1. The summed E-state index contributed by atoms with van der Waals surface area (Å²) in [4.78, 5) is 73.2. The van der Waals surface area contributed by atoms with Crippen LogP contribution in [0.25, 0.3) is 0 Å².